The maximum Gasteiger partial charge on any atom is 0.143 e. The quantitative estimate of drug-likeness (QED) is 0.102. The predicted molar refractivity (Wildman–Crippen MR) is 394 cm³/mol. The molecule has 0 N–H and O–H groups in total. The second-order valence-corrected chi connectivity index (χ2v) is 23.9. The molecule has 0 fully saturated rings. The third kappa shape index (κ3) is 10.2. The topological polar surface area (TPSA) is 32.8 Å². The fourth-order valence-electron chi connectivity index (χ4n) is 13.9. The lowest BCUT2D eigenvalue weighted by atomic mass is 9.86. The Labute approximate surface area is 546 Å². The molecule has 17 rings (SSSR count). The van der Waals surface area contributed by atoms with E-state index in [0.29, 0.717) is 0 Å². The van der Waals surface area contributed by atoms with Crippen LogP contribution in [0.2, 0.25) is 0 Å². The minimum Gasteiger partial charge on any atom is -0.455 e. The molecule has 0 atom stereocenters. The summed E-state index contributed by atoms with van der Waals surface area (Å²) in [5.41, 5.74) is 23.5. The van der Waals surface area contributed by atoms with Gasteiger partial charge in [-0.25, -0.2) is 0 Å². The van der Waals surface area contributed by atoms with Crippen LogP contribution in [0.5, 0.6) is 0 Å². The fourth-order valence-corrected chi connectivity index (χ4v) is 13.9. The van der Waals surface area contributed by atoms with Gasteiger partial charge in [0, 0.05) is 79.3 Å². The lowest BCUT2D eigenvalue weighted by molar-refractivity contribution is 0.632. The zero-order chi connectivity index (χ0) is 62.3. The smallest absolute Gasteiger partial charge is 0.143 e. The summed E-state index contributed by atoms with van der Waals surface area (Å²) >= 11 is 0. The number of hydrogen-bond acceptors (Lipinski definition) is 4. The minimum atomic E-state index is 0.819. The molecule has 0 saturated heterocycles. The first-order valence-electron chi connectivity index (χ1n) is 32.0. The van der Waals surface area contributed by atoms with E-state index < -0.39 is 0 Å². The highest BCUT2D eigenvalue weighted by Gasteiger charge is 2.25. The first-order valence-corrected chi connectivity index (χ1v) is 32.0. The van der Waals surface area contributed by atoms with E-state index in [1.807, 2.05) is 12.1 Å². The Kier molecular flexibility index (Phi) is 14.2. The molecule has 2 aromatic heterocycles. The molecule has 0 aliphatic carbocycles. The Hall–Kier alpha value is -12.5. The van der Waals surface area contributed by atoms with Crippen LogP contribution in [0.4, 0.5) is 34.1 Å². The van der Waals surface area contributed by atoms with Crippen molar-refractivity contribution in [3.63, 3.8) is 0 Å². The number of nitrogens with zero attached hydrogens (tertiary/aromatic N) is 2. The van der Waals surface area contributed by atoms with Gasteiger partial charge in [-0.2, -0.15) is 0 Å². The van der Waals surface area contributed by atoms with Gasteiger partial charge in [0.15, 0.2) is 0 Å². The van der Waals surface area contributed by atoms with Crippen molar-refractivity contribution in [1.29, 1.82) is 0 Å². The monoisotopic (exact) mass is 1200 g/mol. The zero-order valence-electron chi connectivity index (χ0n) is 51.4. The van der Waals surface area contributed by atoms with Crippen LogP contribution in [-0.2, 0) is 0 Å². The highest BCUT2D eigenvalue weighted by atomic mass is 16.3. The van der Waals surface area contributed by atoms with E-state index in [1.165, 1.54) is 43.8 Å². The van der Waals surface area contributed by atoms with Crippen molar-refractivity contribution >= 4 is 77.6 Å². The van der Waals surface area contributed by atoms with Gasteiger partial charge in [0.2, 0.25) is 0 Å². The van der Waals surface area contributed by atoms with Crippen molar-refractivity contribution < 1.29 is 8.83 Å². The second-order valence-electron chi connectivity index (χ2n) is 23.9. The summed E-state index contributed by atoms with van der Waals surface area (Å²) in [5, 5.41) is 6.87. The summed E-state index contributed by atoms with van der Waals surface area (Å²) in [7, 11) is 0. The number of furan rings is 2. The predicted octanol–water partition coefficient (Wildman–Crippen LogP) is 25.8. The number of fused-ring (bicyclic) bond motifs is 4. The Morgan fingerprint density at radius 3 is 0.681 bits per heavy atom. The van der Waals surface area contributed by atoms with Crippen LogP contribution in [-0.4, -0.2) is 0 Å². The van der Waals surface area contributed by atoms with Crippen molar-refractivity contribution in [2.75, 3.05) is 9.80 Å². The average Bonchev–Trinajstić information content (AvgIpc) is 0.789. The van der Waals surface area contributed by atoms with Gasteiger partial charge in [-0.3, -0.25) is 0 Å². The van der Waals surface area contributed by atoms with E-state index in [4.69, 9.17) is 8.83 Å². The van der Waals surface area contributed by atoms with Gasteiger partial charge in [-0.1, -0.05) is 279 Å². The molecule has 0 amide bonds. The Morgan fingerprint density at radius 1 is 0.160 bits per heavy atom. The molecule has 0 unspecified atom stereocenters. The van der Waals surface area contributed by atoms with Crippen molar-refractivity contribution in [3.8, 4) is 89.4 Å². The van der Waals surface area contributed by atoms with Crippen molar-refractivity contribution in [3.05, 3.63) is 364 Å². The van der Waals surface area contributed by atoms with Crippen LogP contribution in [0.1, 0.15) is 0 Å². The van der Waals surface area contributed by atoms with Crippen molar-refractivity contribution in [1.82, 2.24) is 0 Å². The highest BCUT2D eigenvalue weighted by molar-refractivity contribution is 6.21. The van der Waals surface area contributed by atoms with Gasteiger partial charge in [0.25, 0.3) is 0 Å². The highest BCUT2D eigenvalue weighted by Crippen LogP contribution is 2.49. The standard InChI is InChI=1S/C90H60N2O2/c1-7-23-61(24-8-1)63-39-47-71(48-40-63)91(75-55-57-81-83(59-75)93-89(69-31-15-5-16-32-69)87(81)65-27-11-3-12-28-65)73-51-43-67(44-52-73)85-77-35-19-21-37-79(77)86(80-38-22-20-36-78(80)85)68-45-53-74(54-46-68)92(72-49-41-64(42-50-72)62-25-9-2-10-26-62)76-56-58-82-84(60-76)94-90(70-33-17-6-18-34-70)88(82)66-29-13-4-14-30-66/h1-60H. The Morgan fingerprint density at radius 2 is 0.383 bits per heavy atom. The molecule has 4 heteroatoms. The summed E-state index contributed by atoms with van der Waals surface area (Å²) in [6.07, 6.45) is 0. The van der Waals surface area contributed by atoms with Gasteiger partial charge in [0.05, 0.1) is 0 Å². The molecule has 442 valence electrons. The fraction of sp³-hybridized carbons (Fsp3) is 0. The lowest BCUT2D eigenvalue weighted by Gasteiger charge is -2.26. The normalized spacial score (nSPS) is 11.4. The van der Waals surface area contributed by atoms with E-state index in [0.717, 1.165) is 123 Å². The number of rotatable bonds is 14. The largest absolute Gasteiger partial charge is 0.455 e. The Balaban J connectivity index is 0.763. The first kappa shape index (κ1) is 55.6. The van der Waals surface area contributed by atoms with Crippen molar-refractivity contribution in [2.45, 2.75) is 0 Å². The molecule has 0 bridgehead atoms. The number of anilines is 6. The van der Waals surface area contributed by atoms with Crippen LogP contribution in [0.25, 0.3) is 133 Å². The zero-order valence-corrected chi connectivity index (χ0v) is 51.4. The van der Waals surface area contributed by atoms with E-state index in [9.17, 15) is 0 Å². The van der Waals surface area contributed by atoms with Gasteiger partial charge >= 0.3 is 0 Å². The summed E-state index contributed by atoms with van der Waals surface area (Å²) in [5.74, 6) is 1.71. The molecule has 0 radical (unpaired) electrons. The molecule has 0 aliphatic rings. The van der Waals surface area contributed by atoms with Crippen LogP contribution in [0.3, 0.4) is 0 Å². The van der Waals surface area contributed by atoms with Crippen molar-refractivity contribution in [2.24, 2.45) is 0 Å². The molecular formula is C90H60N2O2. The second kappa shape index (κ2) is 24.0. The van der Waals surface area contributed by atoms with Crippen LogP contribution >= 0.6 is 0 Å². The van der Waals surface area contributed by atoms with Gasteiger partial charge in [0.1, 0.15) is 22.7 Å². The lowest BCUT2D eigenvalue weighted by Crippen LogP contribution is -2.09. The maximum absolute atomic E-state index is 6.96. The van der Waals surface area contributed by atoms with Gasteiger partial charge in [-0.05, 0) is 150 Å². The molecule has 15 aromatic carbocycles. The average molecular weight is 1200 g/mol. The van der Waals surface area contributed by atoms with E-state index in [1.54, 1.807) is 0 Å². The third-order valence-corrected chi connectivity index (χ3v) is 18.3. The number of hydrogen-bond donors (Lipinski definition) is 0. The summed E-state index contributed by atoms with van der Waals surface area (Å²) < 4.78 is 13.9. The molecule has 94 heavy (non-hydrogen) atoms. The van der Waals surface area contributed by atoms with Crippen LogP contribution in [0, 0.1) is 0 Å². The van der Waals surface area contributed by atoms with Crippen LogP contribution in [0.15, 0.2) is 373 Å². The maximum atomic E-state index is 6.96. The SMILES string of the molecule is c1ccc(-c2ccc(N(c3ccc(-c4c5ccccc5c(-c5ccc(N(c6ccc(-c7ccccc7)cc6)c6ccc7c(-c8ccccc8)c(-c8ccccc8)oc7c6)cc5)c5ccccc45)cc3)c3ccc4c(-c5ccccc5)c(-c5ccccc5)oc4c3)cc2)cc1. The third-order valence-electron chi connectivity index (χ3n) is 18.3. The molecule has 17 aromatic rings. The van der Waals surface area contributed by atoms with E-state index in [-0.39, 0.29) is 0 Å². The molecule has 0 aliphatic heterocycles. The van der Waals surface area contributed by atoms with Crippen LogP contribution < -0.4 is 9.80 Å². The molecule has 0 saturated carbocycles. The summed E-state index contributed by atoms with van der Waals surface area (Å²) in [6.45, 7) is 0. The first-order chi connectivity index (χ1) is 46.6. The minimum absolute atomic E-state index is 0.819. The molecule has 0 spiro atoms. The Bertz CT molecular complexity index is 5130. The molecule has 4 nitrogen and oxygen atoms in total. The summed E-state index contributed by atoms with van der Waals surface area (Å²) in [4.78, 5) is 4.68. The molecule has 2 heterocycles. The number of benzene rings is 15. The van der Waals surface area contributed by atoms with Gasteiger partial charge < -0.3 is 18.6 Å². The summed E-state index contributed by atoms with van der Waals surface area (Å²) in [6, 6.07) is 130. The van der Waals surface area contributed by atoms with E-state index in [2.05, 4.69) is 362 Å². The van der Waals surface area contributed by atoms with E-state index >= 15 is 0 Å². The molecular weight excluding hydrogens is 1140 g/mol. The van der Waals surface area contributed by atoms with Gasteiger partial charge in [-0.15, -0.1) is 0 Å².